The number of carboxylic acids is 1. The number of benzene rings is 1. The third-order valence-corrected chi connectivity index (χ3v) is 6.77. The van der Waals surface area contributed by atoms with Crippen LogP contribution < -0.4 is 4.74 Å². The number of aromatic hydroxyl groups is 1. The molecule has 148 valence electrons. The molecular formula is C20H21NO6S. The SMILES string of the molecule is COc1cc(O)cc(C(=O)N2CCC3(CC2)OCCc2cc(C(=O)O)sc23)c1. The Morgan fingerprint density at radius 2 is 1.96 bits per heavy atom. The average Bonchev–Trinajstić information content (AvgIpc) is 3.14. The minimum Gasteiger partial charge on any atom is -0.508 e. The van der Waals surface area contributed by atoms with Crippen LogP contribution in [0.3, 0.4) is 0 Å². The summed E-state index contributed by atoms with van der Waals surface area (Å²) in [6.07, 6.45) is 1.94. The second-order valence-electron chi connectivity index (χ2n) is 7.07. The summed E-state index contributed by atoms with van der Waals surface area (Å²) in [6.45, 7) is 1.55. The number of hydrogen-bond donors (Lipinski definition) is 2. The van der Waals surface area contributed by atoms with Gasteiger partial charge in [0, 0.05) is 29.6 Å². The highest BCUT2D eigenvalue weighted by Gasteiger charge is 2.43. The number of carboxylic acid groups (broad SMARTS) is 1. The molecule has 4 rings (SSSR count). The molecule has 2 aromatic rings. The number of carbonyl (C=O) groups excluding carboxylic acids is 1. The molecule has 0 saturated carbocycles. The number of amides is 1. The van der Waals surface area contributed by atoms with E-state index in [1.807, 2.05) is 0 Å². The van der Waals surface area contributed by atoms with Gasteiger partial charge in [0.25, 0.3) is 5.91 Å². The minimum atomic E-state index is -0.917. The molecule has 7 nitrogen and oxygen atoms in total. The van der Waals surface area contributed by atoms with Crippen molar-refractivity contribution in [1.29, 1.82) is 0 Å². The van der Waals surface area contributed by atoms with Crippen molar-refractivity contribution in [2.45, 2.75) is 24.9 Å². The monoisotopic (exact) mass is 403 g/mol. The van der Waals surface area contributed by atoms with Gasteiger partial charge in [-0.2, -0.15) is 0 Å². The van der Waals surface area contributed by atoms with Gasteiger partial charge in [0.05, 0.1) is 13.7 Å². The van der Waals surface area contributed by atoms with Crippen molar-refractivity contribution in [3.63, 3.8) is 0 Å². The van der Waals surface area contributed by atoms with Crippen LogP contribution in [-0.4, -0.2) is 53.8 Å². The molecule has 1 saturated heterocycles. The van der Waals surface area contributed by atoms with E-state index in [0.29, 0.717) is 55.1 Å². The van der Waals surface area contributed by atoms with Crippen LogP contribution >= 0.6 is 11.3 Å². The Kier molecular flexibility index (Phi) is 4.76. The molecule has 8 heteroatoms. The first-order valence-electron chi connectivity index (χ1n) is 9.10. The van der Waals surface area contributed by atoms with Crippen LogP contribution in [-0.2, 0) is 16.8 Å². The Labute approximate surface area is 166 Å². The highest BCUT2D eigenvalue weighted by atomic mass is 32.1. The van der Waals surface area contributed by atoms with Gasteiger partial charge in [0.2, 0.25) is 0 Å². The van der Waals surface area contributed by atoms with Crippen LogP contribution in [0.1, 0.15) is 43.3 Å². The van der Waals surface area contributed by atoms with Crippen molar-refractivity contribution in [2.24, 2.45) is 0 Å². The quantitative estimate of drug-likeness (QED) is 0.818. The number of ether oxygens (including phenoxy) is 2. The number of phenolic OH excluding ortho intramolecular Hbond substituents is 1. The average molecular weight is 403 g/mol. The minimum absolute atomic E-state index is 0.0174. The number of nitrogens with zero attached hydrogens (tertiary/aromatic N) is 1. The molecule has 1 fully saturated rings. The Morgan fingerprint density at radius 1 is 1.21 bits per heavy atom. The largest absolute Gasteiger partial charge is 0.508 e. The smallest absolute Gasteiger partial charge is 0.345 e. The van der Waals surface area contributed by atoms with Crippen LogP contribution in [0, 0.1) is 0 Å². The Hall–Kier alpha value is -2.58. The number of aromatic carboxylic acids is 1. The molecule has 1 spiro atoms. The van der Waals surface area contributed by atoms with E-state index >= 15 is 0 Å². The number of rotatable bonds is 3. The predicted octanol–water partition coefficient (Wildman–Crippen LogP) is 2.86. The van der Waals surface area contributed by atoms with E-state index in [-0.39, 0.29) is 11.7 Å². The number of fused-ring (bicyclic) bond motifs is 2. The zero-order chi connectivity index (χ0) is 19.9. The lowest BCUT2D eigenvalue weighted by Crippen LogP contribution is -2.47. The zero-order valence-electron chi connectivity index (χ0n) is 15.4. The summed E-state index contributed by atoms with van der Waals surface area (Å²) >= 11 is 1.28. The van der Waals surface area contributed by atoms with Crippen molar-refractivity contribution in [3.05, 3.63) is 45.1 Å². The topological polar surface area (TPSA) is 96.3 Å². The third kappa shape index (κ3) is 3.22. The van der Waals surface area contributed by atoms with E-state index < -0.39 is 11.6 Å². The van der Waals surface area contributed by atoms with Gasteiger partial charge >= 0.3 is 5.97 Å². The van der Waals surface area contributed by atoms with Gasteiger partial charge in [-0.05, 0) is 43.0 Å². The number of hydrogen-bond acceptors (Lipinski definition) is 6. The number of carbonyl (C=O) groups is 2. The maximum absolute atomic E-state index is 12.9. The molecule has 0 atom stereocenters. The van der Waals surface area contributed by atoms with Crippen molar-refractivity contribution in [2.75, 3.05) is 26.8 Å². The predicted molar refractivity (Wildman–Crippen MR) is 102 cm³/mol. The highest BCUT2D eigenvalue weighted by molar-refractivity contribution is 7.14. The number of likely N-dealkylation sites (tertiary alicyclic amines) is 1. The molecule has 1 amide bonds. The molecular weight excluding hydrogens is 382 g/mol. The van der Waals surface area contributed by atoms with Gasteiger partial charge in [-0.1, -0.05) is 0 Å². The van der Waals surface area contributed by atoms with E-state index in [2.05, 4.69) is 0 Å². The van der Waals surface area contributed by atoms with Crippen LogP contribution in [0.5, 0.6) is 11.5 Å². The summed E-state index contributed by atoms with van der Waals surface area (Å²) in [5, 5.41) is 19.1. The molecule has 1 aromatic heterocycles. The highest BCUT2D eigenvalue weighted by Crippen LogP contribution is 2.45. The molecule has 0 bridgehead atoms. The van der Waals surface area contributed by atoms with Gasteiger partial charge in [-0.25, -0.2) is 4.79 Å². The van der Waals surface area contributed by atoms with Gasteiger partial charge in [0.15, 0.2) is 0 Å². The number of thiophene rings is 1. The Balaban J connectivity index is 1.53. The molecule has 2 aliphatic rings. The van der Waals surface area contributed by atoms with E-state index in [1.165, 1.54) is 30.6 Å². The molecule has 1 aromatic carbocycles. The van der Waals surface area contributed by atoms with E-state index in [0.717, 1.165) is 10.4 Å². The summed E-state index contributed by atoms with van der Waals surface area (Å²) in [7, 11) is 1.48. The van der Waals surface area contributed by atoms with E-state index in [1.54, 1.807) is 17.0 Å². The van der Waals surface area contributed by atoms with Gasteiger partial charge < -0.3 is 24.6 Å². The van der Waals surface area contributed by atoms with Crippen LogP contribution in [0.4, 0.5) is 0 Å². The zero-order valence-corrected chi connectivity index (χ0v) is 16.3. The second-order valence-corrected chi connectivity index (χ2v) is 8.13. The summed E-state index contributed by atoms with van der Waals surface area (Å²) in [4.78, 5) is 27.3. The van der Waals surface area contributed by atoms with E-state index in [9.17, 15) is 19.8 Å². The second kappa shape index (κ2) is 7.10. The first-order valence-corrected chi connectivity index (χ1v) is 9.91. The molecule has 3 heterocycles. The molecule has 0 aliphatic carbocycles. The van der Waals surface area contributed by atoms with Crippen LogP contribution in [0.2, 0.25) is 0 Å². The maximum atomic E-state index is 12.9. The van der Waals surface area contributed by atoms with Crippen molar-refractivity contribution < 1.29 is 29.3 Å². The lowest BCUT2D eigenvalue weighted by Gasteiger charge is -2.43. The standard InChI is InChI=1S/C20H21NO6S/c1-26-15-9-13(8-14(22)11-15)18(23)21-5-3-20(4-6-21)17-12(2-7-27-20)10-16(28-17)19(24)25/h8-11,22H,2-7H2,1H3,(H,24,25). The fourth-order valence-corrected chi connectivity index (χ4v) is 5.23. The van der Waals surface area contributed by atoms with Gasteiger partial charge in [-0.3, -0.25) is 4.79 Å². The molecule has 0 unspecified atom stereocenters. The fourth-order valence-electron chi connectivity index (χ4n) is 3.98. The maximum Gasteiger partial charge on any atom is 0.345 e. The van der Waals surface area contributed by atoms with Crippen LogP contribution in [0.15, 0.2) is 24.3 Å². The van der Waals surface area contributed by atoms with Crippen molar-refractivity contribution >= 4 is 23.2 Å². The van der Waals surface area contributed by atoms with Gasteiger partial charge in [0.1, 0.15) is 22.0 Å². The lowest BCUT2D eigenvalue weighted by atomic mass is 9.85. The first-order chi connectivity index (χ1) is 13.4. The number of phenols is 1. The normalized spacial score (nSPS) is 18.0. The summed E-state index contributed by atoms with van der Waals surface area (Å²) in [6, 6.07) is 6.25. The van der Waals surface area contributed by atoms with Crippen molar-refractivity contribution in [1.82, 2.24) is 4.90 Å². The van der Waals surface area contributed by atoms with Crippen LogP contribution in [0.25, 0.3) is 0 Å². The van der Waals surface area contributed by atoms with Crippen molar-refractivity contribution in [3.8, 4) is 11.5 Å². The van der Waals surface area contributed by atoms with Gasteiger partial charge in [-0.15, -0.1) is 11.3 Å². The number of piperidine rings is 1. The van der Waals surface area contributed by atoms with E-state index in [4.69, 9.17) is 9.47 Å². The Bertz CT molecular complexity index is 929. The molecule has 28 heavy (non-hydrogen) atoms. The molecule has 2 aliphatic heterocycles. The lowest BCUT2D eigenvalue weighted by molar-refractivity contribution is -0.0906. The third-order valence-electron chi connectivity index (χ3n) is 5.42. The molecule has 0 radical (unpaired) electrons. The molecule has 2 N–H and O–H groups in total. The summed E-state index contributed by atoms with van der Waals surface area (Å²) in [5.41, 5.74) is 0.910. The summed E-state index contributed by atoms with van der Waals surface area (Å²) in [5.74, 6) is -0.675. The summed E-state index contributed by atoms with van der Waals surface area (Å²) < 4.78 is 11.3. The Morgan fingerprint density at radius 3 is 2.64 bits per heavy atom. The fraction of sp³-hybridized carbons (Fsp3) is 0.400. The number of methoxy groups -OCH3 is 1. The first kappa shape index (κ1) is 18.8.